The standard InChI is InChI=1S/C12H23NO/c14-12-8-4-7-11(12)13-9-10-5-2-1-3-6-10/h10-14H,1-9H2. The van der Waals surface area contributed by atoms with Crippen molar-refractivity contribution in [2.45, 2.75) is 63.5 Å². The maximum Gasteiger partial charge on any atom is 0.0693 e. The Kier molecular flexibility index (Phi) is 3.82. The van der Waals surface area contributed by atoms with Crippen LogP contribution in [0.3, 0.4) is 0 Å². The minimum Gasteiger partial charge on any atom is -0.392 e. The summed E-state index contributed by atoms with van der Waals surface area (Å²) in [5.41, 5.74) is 0. The summed E-state index contributed by atoms with van der Waals surface area (Å²) in [6, 6.07) is 0.400. The van der Waals surface area contributed by atoms with Gasteiger partial charge in [0.05, 0.1) is 6.10 Å². The Morgan fingerprint density at radius 3 is 2.36 bits per heavy atom. The lowest BCUT2D eigenvalue weighted by atomic mass is 9.89. The second kappa shape index (κ2) is 5.13. The zero-order valence-corrected chi connectivity index (χ0v) is 9.04. The lowest BCUT2D eigenvalue weighted by molar-refractivity contribution is 0.145. The summed E-state index contributed by atoms with van der Waals surface area (Å²) in [5.74, 6) is 0.886. The molecule has 2 aliphatic rings. The highest BCUT2D eigenvalue weighted by Crippen LogP contribution is 2.24. The third-order valence-electron chi connectivity index (χ3n) is 3.87. The summed E-state index contributed by atoms with van der Waals surface area (Å²) in [6.45, 7) is 1.14. The van der Waals surface area contributed by atoms with Crippen LogP contribution in [0.15, 0.2) is 0 Å². The van der Waals surface area contributed by atoms with Crippen molar-refractivity contribution in [3.8, 4) is 0 Å². The summed E-state index contributed by atoms with van der Waals surface area (Å²) in [4.78, 5) is 0. The lowest BCUT2D eigenvalue weighted by Gasteiger charge is -2.25. The third-order valence-corrected chi connectivity index (χ3v) is 3.87. The van der Waals surface area contributed by atoms with Gasteiger partial charge in [-0.1, -0.05) is 19.3 Å². The quantitative estimate of drug-likeness (QED) is 0.726. The highest BCUT2D eigenvalue weighted by Gasteiger charge is 2.25. The van der Waals surface area contributed by atoms with Gasteiger partial charge in [-0.25, -0.2) is 0 Å². The molecule has 2 atom stereocenters. The van der Waals surface area contributed by atoms with E-state index in [1.54, 1.807) is 0 Å². The van der Waals surface area contributed by atoms with Crippen molar-refractivity contribution in [3.63, 3.8) is 0 Å². The minimum atomic E-state index is -0.0707. The Hall–Kier alpha value is -0.0800. The van der Waals surface area contributed by atoms with Crippen LogP contribution in [-0.4, -0.2) is 23.8 Å². The molecule has 0 spiro atoms. The van der Waals surface area contributed by atoms with Gasteiger partial charge in [-0.2, -0.15) is 0 Å². The molecule has 2 unspecified atom stereocenters. The first kappa shape index (κ1) is 10.4. The van der Waals surface area contributed by atoms with Gasteiger partial charge in [-0.15, -0.1) is 0 Å². The topological polar surface area (TPSA) is 32.3 Å². The van der Waals surface area contributed by atoms with Gasteiger partial charge in [0.25, 0.3) is 0 Å². The van der Waals surface area contributed by atoms with E-state index in [2.05, 4.69) is 5.32 Å². The second-order valence-electron chi connectivity index (χ2n) is 5.02. The molecule has 0 aliphatic heterocycles. The van der Waals surface area contributed by atoms with Crippen LogP contribution in [0.5, 0.6) is 0 Å². The van der Waals surface area contributed by atoms with E-state index >= 15 is 0 Å². The molecule has 0 radical (unpaired) electrons. The molecule has 2 fully saturated rings. The van der Waals surface area contributed by atoms with Gasteiger partial charge in [-0.3, -0.25) is 0 Å². The molecule has 0 aromatic carbocycles. The summed E-state index contributed by atoms with van der Waals surface area (Å²) in [5, 5.41) is 13.2. The van der Waals surface area contributed by atoms with Crippen molar-refractivity contribution in [2.24, 2.45) is 5.92 Å². The summed E-state index contributed by atoms with van der Waals surface area (Å²) in [6.07, 6.45) is 10.4. The predicted molar refractivity (Wildman–Crippen MR) is 58.2 cm³/mol. The minimum absolute atomic E-state index is 0.0707. The van der Waals surface area contributed by atoms with E-state index in [4.69, 9.17) is 0 Å². The van der Waals surface area contributed by atoms with Crippen molar-refractivity contribution in [1.29, 1.82) is 0 Å². The first-order valence-corrected chi connectivity index (χ1v) is 6.28. The van der Waals surface area contributed by atoms with Crippen molar-refractivity contribution >= 4 is 0 Å². The highest BCUT2D eigenvalue weighted by atomic mass is 16.3. The smallest absolute Gasteiger partial charge is 0.0693 e. The monoisotopic (exact) mass is 197 g/mol. The second-order valence-corrected chi connectivity index (χ2v) is 5.02. The van der Waals surface area contributed by atoms with Crippen molar-refractivity contribution < 1.29 is 5.11 Å². The van der Waals surface area contributed by atoms with Crippen LogP contribution < -0.4 is 5.32 Å². The summed E-state index contributed by atoms with van der Waals surface area (Å²) in [7, 11) is 0. The molecule has 82 valence electrons. The molecule has 2 N–H and O–H groups in total. The third kappa shape index (κ3) is 2.71. The largest absolute Gasteiger partial charge is 0.392 e. The van der Waals surface area contributed by atoms with E-state index in [0.29, 0.717) is 6.04 Å². The molecule has 0 saturated heterocycles. The van der Waals surface area contributed by atoms with Crippen molar-refractivity contribution in [2.75, 3.05) is 6.54 Å². The van der Waals surface area contributed by atoms with Gasteiger partial charge in [0.1, 0.15) is 0 Å². The Morgan fingerprint density at radius 1 is 0.929 bits per heavy atom. The molecule has 0 amide bonds. The Balaban J connectivity index is 1.65. The average Bonchev–Trinajstić information content (AvgIpc) is 2.63. The zero-order chi connectivity index (χ0) is 9.80. The van der Waals surface area contributed by atoms with Crippen LogP contribution in [0.4, 0.5) is 0 Å². The maximum absolute atomic E-state index is 9.66. The van der Waals surface area contributed by atoms with E-state index in [9.17, 15) is 5.11 Å². The fraction of sp³-hybridized carbons (Fsp3) is 1.00. The summed E-state index contributed by atoms with van der Waals surface area (Å²) < 4.78 is 0. The average molecular weight is 197 g/mol. The van der Waals surface area contributed by atoms with E-state index in [-0.39, 0.29) is 6.10 Å². The van der Waals surface area contributed by atoms with E-state index in [0.717, 1.165) is 18.9 Å². The number of hydrogen-bond acceptors (Lipinski definition) is 2. The molecule has 0 heterocycles. The van der Waals surface area contributed by atoms with Crippen LogP contribution in [0.25, 0.3) is 0 Å². The lowest BCUT2D eigenvalue weighted by Crippen LogP contribution is -2.38. The first-order chi connectivity index (χ1) is 6.86. The van der Waals surface area contributed by atoms with Gasteiger partial charge in [-0.05, 0) is 44.6 Å². The van der Waals surface area contributed by atoms with Crippen LogP contribution in [0.1, 0.15) is 51.4 Å². The van der Waals surface area contributed by atoms with E-state index in [1.165, 1.54) is 44.9 Å². The predicted octanol–water partition coefficient (Wildman–Crippen LogP) is 2.07. The molecular formula is C12H23NO. The molecule has 2 aliphatic carbocycles. The van der Waals surface area contributed by atoms with Gasteiger partial charge >= 0.3 is 0 Å². The molecule has 2 rings (SSSR count). The molecule has 14 heavy (non-hydrogen) atoms. The molecule has 0 aromatic rings. The van der Waals surface area contributed by atoms with Gasteiger partial charge in [0.2, 0.25) is 0 Å². The highest BCUT2D eigenvalue weighted by molar-refractivity contribution is 4.83. The zero-order valence-electron chi connectivity index (χ0n) is 9.04. The number of aliphatic hydroxyl groups excluding tert-OH is 1. The van der Waals surface area contributed by atoms with Crippen LogP contribution in [-0.2, 0) is 0 Å². The molecule has 2 saturated carbocycles. The Bertz CT molecular complexity index is 166. The molecule has 2 nitrogen and oxygen atoms in total. The first-order valence-electron chi connectivity index (χ1n) is 6.28. The number of aliphatic hydroxyl groups is 1. The molecule has 0 bridgehead atoms. The van der Waals surface area contributed by atoms with Crippen LogP contribution in [0.2, 0.25) is 0 Å². The SMILES string of the molecule is OC1CCCC1NCC1CCCCC1. The molecular weight excluding hydrogens is 174 g/mol. The molecule has 2 heteroatoms. The molecule has 0 aromatic heterocycles. The Labute approximate surface area is 87.1 Å². The fourth-order valence-corrected chi connectivity index (χ4v) is 2.89. The normalized spacial score (nSPS) is 34.9. The van der Waals surface area contributed by atoms with E-state index < -0.39 is 0 Å². The van der Waals surface area contributed by atoms with E-state index in [1.807, 2.05) is 0 Å². The maximum atomic E-state index is 9.66. The van der Waals surface area contributed by atoms with Crippen molar-refractivity contribution in [1.82, 2.24) is 5.32 Å². The number of nitrogens with one attached hydrogen (secondary N) is 1. The number of rotatable bonds is 3. The Morgan fingerprint density at radius 2 is 1.71 bits per heavy atom. The van der Waals surface area contributed by atoms with Crippen LogP contribution in [0, 0.1) is 5.92 Å². The van der Waals surface area contributed by atoms with Gasteiger partial charge < -0.3 is 10.4 Å². The van der Waals surface area contributed by atoms with Crippen molar-refractivity contribution in [3.05, 3.63) is 0 Å². The van der Waals surface area contributed by atoms with Crippen LogP contribution >= 0.6 is 0 Å². The fourth-order valence-electron chi connectivity index (χ4n) is 2.89. The van der Waals surface area contributed by atoms with Gasteiger partial charge in [0, 0.05) is 6.04 Å². The summed E-state index contributed by atoms with van der Waals surface area (Å²) >= 11 is 0. The number of hydrogen-bond donors (Lipinski definition) is 2. The van der Waals surface area contributed by atoms with Gasteiger partial charge in [0.15, 0.2) is 0 Å².